The fraction of sp³-hybridized carbons (Fsp3) is 0.400. The second-order valence-corrected chi connectivity index (χ2v) is 6.51. The van der Waals surface area contributed by atoms with Crippen LogP contribution in [0.4, 0.5) is 0 Å². The van der Waals surface area contributed by atoms with Gasteiger partial charge >= 0.3 is 0 Å². The van der Waals surface area contributed by atoms with Crippen LogP contribution in [0, 0.1) is 55.4 Å². The molecule has 2 aromatic carbocycles. The van der Waals surface area contributed by atoms with Crippen molar-refractivity contribution in [3.8, 4) is 0 Å². The zero-order chi connectivity index (χ0) is 15.6. The lowest BCUT2D eigenvalue weighted by molar-refractivity contribution is 0.661. The number of hydrogen-bond acceptors (Lipinski definition) is 1. The Balaban J connectivity index is 2.73. The first-order chi connectivity index (χ1) is 9.77. The number of furan rings is 1. The first-order valence-electron chi connectivity index (χ1n) is 7.66. The topological polar surface area (TPSA) is 13.1 Å². The highest BCUT2D eigenvalue weighted by molar-refractivity contribution is 6.11. The Kier molecular flexibility index (Phi) is 2.95. The second kappa shape index (κ2) is 4.37. The maximum absolute atomic E-state index is 6.35. The van der Waals surface area contributed by atoms with E-state index in [9.17, 15) is 0 Å². The molecule has 21 heavy (non-hydrogen) atoms. The van der Waals surface area contributed by atoms with Gasteiger partial charge in [0.25, 0.3) is 0 Å². The molecule has 0 fully saturated rings. The van der Waals surface area contributed by atoms with Gasteiger partial charge in [0.2, 0.25) is 0 Å². The average molecular weight is 280 g/mol. The maximum atomic E-state index is 6.35. The molecule has 110 valence electrons. The minimum atomic E-state index is 1.07. The molecule has 0 spiro atoms. The molecule has 0 aliphatic heterocycles. The molecule has 1 nitrogen and oxygen atoms in total. The summed E-state index contributed by atoms with van der Waals surface area (Å²) in [5, 5.41) is 2.63. The van der Waals surface area contributed by atoms with E-state index in [1.54, 1.807) is 0 Å². The van der Waals surface area contributed by atoms with Crippen LogP contribution in [0.1, 0.15) is 44.5 Å². The van der Waals surface area contributed by atoms with Crippen LogP contribution in [0.25, 0.3) is 21.9 Å². The smallest absolute Gasteiger partial charge is 0.138 e. The van der Waals surface area contributed by atoms with Gasteiger partial charge in [-0.3, -0.25) is 0 Å². The van der Waals surface area contributed by atoms with Crippen LogP contribution < -0.4 is 0 Å². The monoisotopic (exact) mass is 280 g/mol. The Morgan fingerprint density at radius 3 is 1.00 bits per heavy atom. The molecule has 0 aliphatic rings. The highest BCUT2D eigenvalue weighted by atomic mass is 16.3. The Labute approximate surface area is 127 Å². The first-order valence-corrected chi connectivity index (χ1v) is 7.66. The molecule has 1 aromatic heterocycles. The van der Waals surface area contributed by atoms with Crippen molar-refractivity contribution in [1.29, 1.82) is 0 Å². The summed E-state index contributed by atoms with van der Waals surface area (Å²) in [6.45, 7) is 17.6. The van der Waals surface area contributed by atoms with Gasteiger partial charge in [0.1, 0.15) is 11.2 Å². The van der Waals surface area contributed by atoms with Crippen LogP contribution in [-0.4, -0.2) is 0 Å². The Bertz CT molecular complexity index is 833. The van der Waals surface area contributed by atoms with Gasteiger partial charge in [-0.1, -0.05) is 0 Å². The van der Waals surface area contributed by atoms with Crippen molar-refractivity contribution >= 4 is 21.9 Å². The van der Waals surface area contributed by atoms with Crippen molar-refractivity contribution in [3.63, 3.8) is 0 Å². The van der Waals surface area contributed by atoms with Gasteiger partial charge < -0.3 is 4.42 Å². The van der Waals surface area contributed by atoms with Gasteiger partial charge in [0, 0.05) is 10.8 Å². The van der Waals surface area contributed by atoms with Crippen LogP contribution in [0.15, 0.2) is 4.42 Å². The number of fused-ring (bicyclic) bond motifs is 3. The molecule has 0 atom stereocenters. The van der Waals surface area contributed by atoms with Crippen LogP contribution >= 0.6 is 0 Å². The summed E-state index contributed by atoms with van der Waals surface area (Å²) in [7, 11) is 0. The third kappa shape index (κ3) is 1.64. The quantitative estimate of drug-likeness (QED) is 0.488. The SMILES string of the molecule is Cc1c(C)c(C)c2c(oc3c(C)c(C)c(C)c(C)c32)c1C. The van der Waals surface area contributed by atoms with E-state index in [2.05, 4.69) is 55.4 Å². The molecule has 0 aliphatic carbocycles. The summed E-state index contributed by atoms with van der Waals surface area (Å²) >= 11 is 0. The number of aryl methyl sites for hydroxylation is 4. The van der Waals surface area contributed by atoms with Crippen molar-refractivity contribution in [1.82, 2.24) is 0 Å². The highest BCUT2D eigenvalue weighted by Gasteiger charge is 2.20. The second-order valence-electron chi connectivity index (χ2n) is 6.51. The molecule has 0 saturated carbocycles. The van der Waals surface area contributed by atoms with E-state index in [-0.39, 0.29) is 0 Å². The molecule has 1 heteroatoms. The van der Waals surface area contributed by atoms with Gasteiger partial charge in [-0.15, -0.1) is 0 Å². The van der Waals surface area contributed by atoms with Crippen LogP contribution in [0.2, 0.25) is 0 Å². The number of rotatable bonds is 0. The molecule has 0 unspecified atom stereocenters. The van der Waals surface area contributed by atoms with Crippen LogP contribution in [0.5, 0.6) is 0 Å². The number of benzene rings is 2. The van der Waals surface area contributed by atoms with E-state index in [1.807, 2.05) is 0 Å². The molecule has 3 aromatic rings. The summed E-state index contributed by atoms with van der Waals surface area (Å²) in [5.41, 5.74) is 12.9. The molecule has 1 heterocycles. The molecule has 3 rings (SSSR count). The zero-order valence-electron chi connectivity index (χ0n) is 14.4. The fourth-order valence-corrected chi connectivity index (χ4v) is 3.52. The van der Waals surface area contributed by atoms with Crippen molar-refractivity contribution < 1.29 is 4.42 Å². The minimum absolute atomic E-state index is 1.07. The van der Waals surface area contributed by atoms with Crippen molar-refractivity contribution in [2.45, 2.75) is 55.4 Å². The van der Waals surface area contributed by atoms with Gasteiger partial charge in [0.05, 0.1) is 0 Å². The molecular formula is C20H24O. The Morgan fingerprint density at radius 2 is 0.667 bits per heavy atom. The highest BCUT2D eigenvalue weighted by Crippen LogP contribution is 2.41. The predicted octanol–water partition coefficient (Wildman–Crippen LogP) is 6.05. The van der Waals surface area contributed by atoms with Gasteiger partial charge in [-0.2, -0.15) is 0 Å². The van der Waals surface area contributed by atoms with Gasteiger partial charge in [-0.05, 0) is 99.9 Å². The summed E-state index contributed by atoms with van der Waals surface area (Å²) in [6.07, 6.45) is 0. The lowest BCUT2D eigenvalue weighted by Crippen LogP contribution is -1.94. The predicted molar refractivity (Wildman–Crippen MR) is 91.6 cm³/mol. The summed E-state index contributed by atoms with van der Waals surface area (Å²) in [6, 6.07) is 0. The molecule has 0 saturated heterocycles. The van der Waals surface area contributed by atoms with Crippen LogP contribution in [-0.2, 0) is 0 Å². The molecule has 0 N–H and O–H groups in total. The van der Waals surface area contributed by atoms with Gasteiger partial charge in [-0.25, -0.2) is 0 Å². The molecular weight excluding hydrogens is 256 g/mol. The van der Waals surface area contributed by atoms with E-state index in [4.69, 9.17) is 4.42 Å². The van der Waals surface area contributed by atoms with E-state index in [1.165, 1.54) is 55.3 Å². The zero-order valence-corrected chi connectivity index (χ0v) is 14.4. The minimum Gasteiger partial charge on any atom is -0.455 e. The van der Waals surface area contributed by atoms with Crippen LogP contribution in [0.3, 0.4) is 0 Å². The average Bonchev–Trinajstić information content (AvgIpc) is 2.87. The lowest BCUT2D eigenvalue weighted by Gasteiger charge is -2.12. The first kappa shape index (κ1) is 14.2. The Hall–Kier alpha value is -1.76. The largest absolute Gasteiger partial charge is 0.455 e. The van der Waals surface area contributed by atoms with E-state index >= 15 is 0 Å². The Morgan fingerprint density at radius 1 is 0.381 bits per heavy atom. The third-order valence-electron chi connectivity index (χ3n) is 5.71. The normalized spacial score (nSPS) is 11.8. The third-order valence-corrected chi connectivity index (χ3v) is 5.71. The van der Waals surface area contributed by atoms with Crippen molar-refractivity contribution in [2.24, 2.45) is 0 Å². The summed E-state index contributed by atoms with van der Waals surface area (Å²) < 4.78 is 6.35. The number of hydrogen-bond donors (Lipinski definition) is 0. The van der Waals surface area contributed by atoms with E-state index in [0.29, 0.717) is 0 Å². The fourth-order valence-electron chi connectivity index (χ4n) is 3.52. The lowest BCUT2D eigenvalue weighted by atomic mass is 9.90. The molecule has 0 amide bonds. The van der Waals surface area contributed by atoms with Crippen molar-refractivity contribution in [3.05, 3.63) is 44.5 Å². The van der Waals surface area contributed by atoms with Crippen molar-refractivity contribution in [2.75, 3.05) is 0 Å². The maximum Gasteiger partial charge on any atom is 0.138 e. The van der Waals surface area contributed by atoms with Gasteiger partial charge in [0.15, 0.2) is 0 Å². The summed E-state index contributed by atoms with van der Waals surface area (Å²) in [4.78, 5) is 0. The van der Waals surface area contributed by atoms with E-state index in [0.717, 1.165) is 11.2 Å². The van der Waals surface area contributed by atoms with E-state index < -0.39 is 0 Å². The molecule has 0 radical (unpaired) electrons. The summed E-state index contributed by atoms with van der Waals surface area (Å²) in [5.74, 6) is 0. The standard InChI is InChI=1S/C20H24O/c1-9-11(3)15(7)19-17(13(9)5)18-14(6)10(2)12(4)16(8)20(18)21-19/h1-8H3. The molecule has 0 bridgehead atoms.